The van der Waals surface area contributed by atoms with Gasteiger partial charge in [-0.3, -0.25) is 10.1 Å². The molecular weight excluding hydrogens is 270 g/mol. The quantitative estimate of drug-likeness (QED) is 0.670. The molecule has 0 aliphatic heterocycles. The van der Waals surface area contributed by atoms with Crippen LogP contribution >= 0.6 is 0 Å². The molecule has 0 heterocycles. The molecule has 0 radical (unpaired) electrons. The molecule has 21 heavy (non-hydrogen) atoms. The van der Waals surface area contributed by atoms with Crippen molar-refractivity contribution in [2.45, 2.75) is 25.9 Å². The molecule has 1 aromatic rings. The Morgan fingerprint density at radius 3 is 2.52 bits per heavy atom. The van der Waals surface area contributed by atoms with E-state index in [1.165, 1.54) is 0 Å². The van der Waals surface area contributed by atoms with Crippen LogP contribution in [-0.4, -0.2) is 38.2 Å². The van der Waals surface area contributed by atoms with Crippen LogP contribution in [-0.2, 0) is 9.53 Å². The third-order valence-corrected chi connectivity index (χ3v) is 2.97. The predicted molar refractivity (Wildman–Crippen MR) is 79.7 cm³/mol. The van der Waals surface area contributed by atoms with Crippen molar-refractivity contribution >= 4 is 11.9 Å². The van der Waals surface area contributed by atoms with Gasteiger partial charge < -0.3 is 15.4 Å². The van der Waals surface area contributed by atoms with Gasteiger partial charge in [-0.2, -0.15) is 0 Å². The number of rotatable bonds is 7. The number of ether oxygens (including phenoxy) is 1. The van der Waals surface area contributed by atoms with Crippen LogP contribution in [0, 0.1) is 0 Å². The zero-order valence-electron chi connectivity index (χ0n) is 12.8. The minimum atomic E-state index is -0.487. The van der Waals surface area contributed by atoms with Crippen LogP contribution in [0.5, 0.6) is 0 Å². The smallest absolute Gasteiger partial charge is 0.321 e. The van der Waals surface area contributed by atoms with Gasteiger partial charge in [-0.25, -0.2) is 4.79 Å². The summed E-state index contributed by atoms with van der Waals surface area (Å²) in [5.74, 6) is -0.338. The summed E-state index contributed by atoms with van der Waals surface area (Å²) in [6, 6.07) is 8.51. The van der Waals surface area contributed by atoms with Gasteiger partial charge in [0.25, 0.3) is 5.91 Å². The number of hydrogen-bond donors (Lipinski definition) is 3. The van der Waals surface area contributed by atoms with Crippen LogP contribution in [0.4, 0.5) is 4.79 Å². The van der Waals surface area contributed by atoms with Crippen LogP contribution in [0.25, 0.3) is 0 Å². The van der Waals surface area contributed by atoms with E-state index >= 15 is 0 Å². The van der Waals surface area contributed by atoms with E-state index in [0.717, 1.165) is 5.56 Å². The number of benzene rings is 1. The Bertz CT molecular complexity index is 451. The Hall–Kier alpha value is -1.92. The Balaban J connectivity index is 2.81. The second-order valence-electron chi connectivity index (χ2n) is 4.86. The van der Waals surface area contributed by atoms with Gasteiger partial charge >= 0.3 is 6.03 Å². The fraction of sp³-hybridized carbons (Fsp3) is 0.467. The summed E-state index contributed by atoms with van der Waals surface area (Å²) in [4.78, 5) is 23.8. The fourth-order valence-electron chi connectivity index (χ4n) is 2.05. The highest BCUT2D eigenvalue weighted by Crippen LogP contribution is 2.08. The van der Waals surface area contributed by atoms with Crippen LogP contribution in [0.15, 0.2) is 30.3 Å². The monoisotopic (exact) mass is 294 g/mol. The maximum Gasteiger partial charge on any atom is 0.321 e. The lowest BCUT2D eigenvalue weighted by molar-refractivity contribution is -0.714. The first-order valence-electron chi connectivity index (χ1n) is 7.06. The van der Waals surface area contributed by atoms with Crippen molar-refractivity contribution in [3.05, 3.63) is 35.9 Å². The molecule has 0 spiro atoms. The molecule has 0 aliphatic rings. The second-order valence-corrected chi connectivity index (χ2v) is 4.86. The molecule has 0 bridgehead atoms. The number of amides is 3. The number of methoxy groups -OCH3 is 1. The third kappa shape index (κ3) is 5.93. The lowest BCUT2D eigenvalue weighted by Gasteiger charge is -2.19. The molecule has 2 atom stereocenters. The first kappa shape index (κ1) is 17.1. The summed E-state index contributed by atoms with van der Waals surface area (Å²) in [6.45, 7) is 4.76. The maximum atomic E-state index is 12.3. The lowest BCUT2D eigenvalue weighted by atomic mass is 10.1. The molecule has 0 saturated carbocycles. The highest BCUT2D eigenvalue weighted by atomic mass is 16.5. The van der Waals surface area contributed by atoms with E-state index in [2.05, 4.69) is 10.6 Å². The number of nitrogens with one attached hydrogen (secondary N) is 2. The van der Waals surface area contributed by atoms with Crippen LogP contribution in [0.1, 0.15) is 25.5 Å². The largest absolute Gasteiger partial charge is 0.379 e. The highest BCUT2D eigenvalue weighted by molar-refractivity contribution is 5.96. The molecule has 0 unspecified atom stereocenters. The molecule has 0 saturated heterocycles. The molecule has 0 aliphatic carbocycles. The first-order valence-corrected chi connectivity index (χ1v) is 7.06. The standard InChI is InChI=1S/C15H23N3O3/c1-4-16-15(20)18-14(19)13(17-11(2)10-21-3)12-8-6-5-7-9-12/h5-9,11,13,17H,4,10H2,1-3H3,(H2,16,18,19,20)/p+1/t11-,13-/m1/s1. The fourth-order valence-corrected chi connectivity index (χ4v) is 2.05. The SMILES string of the molecule is CCNC(=O)NC(=O)[C@H]([NH2+][C@H](C)COC)c1ccccc1. The van der Waals surface area contributed by atoms with Gasteiger partial charge in [-0.1, -0.05) is 30.3 Å². The number of urea groups is 1. The molecular formula is C15H24N3O3+. The first-order chi connectivity index (χ1) is 10.1. The van der Waals surface area contributed by atoms with E-state index in [0.29, 0.717) is 13.2 Å². The van der Waals surface area contributed by atoms with Crippen molar-refractivity contribution in [2.75, 3.05) is 20.3 Å². The molecule has 6 heteroatoms. The average Bonchev–Trinajstić information content (AvgIpc) is 2.46. The van der Waals surface area contributed by atoms with Gasteiger partial charge in [-0.05, 0) is 13.8 Å². The Morgan fingerprint density at radius 2 is 1.95 bits per heavy atom. The highest BCUT2D eigenvalue weighted by Gasteiger charge is 2.27. The molecule has 116 valence electrons. The Labute approximate surface area is 125 Å². The molecule has 1 rings (SSSR count). The van der Waals surface area contributed by atoms with Crippen molar-refractivity contribution in [1.29, 1.82) is 0 Å². The summed E-state index contributed by atoms with van der Waals surface area (Å²) < 4.78 is 5.10. The Kier molecular flexibility index (Phi) is 7.42. The van der Waals surface area contributed by atoms with Crippen LogP contribution in [0.2, 0.25) is 0 Å². The Morgan fingerprint density at radius 1 is 1.29 bits per heavy atom. The van der Waals surface area contributed by atoms with Crippen LogP contribution in [0.3, 0.4) is 0 Å². The molecule has 4 N–H and O–H groups in total. The van der Waals surface area contributed by atoms with Gasteiger partial charge in [0.05, 0.1) is 6.61 Å². The molecule has 1 aromatic carbocycles. The zero-order valence-corrected chi connectivity index (χ0v) is 12.8. The second kappa shape index (κ2) is 9.10. The molecule has 0 aromatic heterocycles. The molecule has 0 fully saturated rings. The van der Waals surface area contributed by atoms with Gasteiger partial charge in [0, 0.05) is 19.2 Å². The van der Waals surface area contributed by atoms with Crippen molar-refractivity contribution in [2.24, 2.45) is 0 Å². The number of carbonyl (C=O) groups is 2. The van der Waals surface area contributed by atoms with Crippen molar-refractivity contribution in [3.8, 4) is 0 Å². The summed E-state index contributed by atoms with van der Waals surface area (Å²) in [7, 11) is 1.62. The van der Waals surface area contributed by atoms with Gasteiger partial charge in [-0.15, -0.1) is 0 Å². The summed E-state index contributed by atoms with van der Waals surface area (Å²) in [6.07, 6.45) is 0. The normalized spacial score (nSPS) is 13.3. The minimum Gasteiger partial charge on any atom is -0.379 e. The van der Waals surface area contributed by atoms with E-state index in [4.69, 9.17) is 4.74 Å². The maximum absolute atomic E-state index is 12.3. The van der Waals surface area contributed by atoms with Crippen molar-refractivity contribution in [3.63, 3.8) is 0 Å². The molecule has 6 nitrogen and oxygen atoms in total. The zero-order chi connectivity index (χ0) is 15.7. The number of imide groups is 1. The number of nitrogens with two attached hydrogens (primary N) is 1. The average molecular weight is 294 g/mol. The summed E-state index contributed by atoms with van der Waals surface area (Å²) in [5.41, 5.74) is 0.849. The van der Waals surface area contributed by atoms with Gasteiger partial charge in [0.15, 0.2) is 6.04 Å². The van der Waals surface area contributed by atoms with E-state index in [1.807, 2.05) is 42.6 Å². The van der Waals surface area contributed by atoms with E-state index in [1.54, 1.807) is 14.0 Å². The van der Waals surface area contributed by atoms with E-state index in [9.17, 15) is 9.59 Å². The van der Waals surface area contributed by atoms with E-state index in [-0.39, 0.29) is 11.9 Å². The van der Waals surface area contributed by atoms with Crippen LogP contribution < -0.4 is 16.0 Å². The molecule has 3 amide bonds. The lowest BCUT2D eigenvalue weighted by Crippen LogP contribution is -2.93. The van der Waals surface area contributed by atoms with Crippen molar-refractivity contribution in [1.82, 2.24) is 10.6 Å². The van der Waals surface area contributed by atoms with E-state index < -0.39 is 12.1 Å². The predicted octanol–water partition coefficient (Wildman–Crippen LogP) is 0.172. The number of hydrogen-bond acceptors (Lipinski definition) is 3. The summed E-state index contributed by atoms with van der Waals surface area (Å²) >= 11 is 0. The third-order valence-electron chi connectivity index (χ3n) is 2.97. The number of carbonyl (C=O) groups excluding carboxylic acids is 2. The van der Waals surface area contributed by atoms with Crippen molar-refractivity contribution < 1.29 is 19.6 Å². The number of quaternary nitrogens is 1. The van der Waals surface area contributed by atoms with Gasteiger partial charge in [0.2, 0.25) is 0 Å². The minimum absolute atomic E-state index is 0.0974. The summed E-state index contributed by atoms with van der Waals surface area (Å²) in [5, 5.41) is 6.81. The topological polar surface area (TPSA) is 84.0 Å². The van der Waals surface area contributed by atoms with Gasteiger partial charge in [0.1, 0.15) is 6.04 Å².